The maximum absolute atomic E-state index is 6.23. The summed E-state index contributed by atoms with van der Waals surface area (Å²) in [5, 5.41) is 5.03. The second-order valence-electron chi connectivity index (χ2n) is 5.78. The number of rotatable bonds is 4. The lowest BCUT2D eigenvalue weighted by Crippen LogP contribution is -2.06. The number of hydrogen-bond acceptors (Lipinski definition) is 3. The first-order valence-corrected chi connectivity index (χ1v) is 8.00. The molecule has 1 heterocycles. The second-order valence-corrected chi connectivity index (χ2v) is 6.18. The van der Waals surface area contributed by atoms with Gasteiger partial charge in [0.25, 0.3) is 0 Å². The summed E-state index contributed by atoms with van der Waals surface area (Å²) in [5.41, 5.74) is 2.90. The first-order valence-electron chi connectivity index (χ1n) is 7.62. The van der Waals surface area contributed by atoms with Gasteiger partial charge in [-0.05, 0) is 62.7 Å². The monoisotopic (exact) mass is 326 g/mol. The van der Waals surface area contributed by atoms with E-state index in [0.29, 0.717) is 5.02 Å². The molecule has 2 aromatic carbocycles. The van der Waals surface area contributed by atoms with Gasteiger partial charge in [0.1, 0.15) is 11.6 Å². The molecule has 0 bridgehead atoms. The van der Waals surface area contributed by atoms with Gasteiger partial charge in [-0.25, -0.2) is 4.98 Å². The number of pyridine rings is 1. The van der Waals surface area contributed by atoms with E-state index in [1.54, 1.807) is 0 Å². The van der Waals surface area contributed by atoms with Crippen molar-refractivity contribution in [3.8, 4) is 5.75 Å². The number of fused-ring (bicyclic) bond motifs is 1. The molecule has 4 heteroatoms. The zero-order valence-electron chi connectivity index (χ0n) is 13.4. The topological polar surface area (TPSA) is 34.1 Å². The van der Waals surface area contributed by atoms with Gasteiger partial charge >= 0.3 is 0 Å². The average Bonchev–Trinajstić information content (AvgIpc) is 2.50. The standard InChI is InChI=1S/C19H19ClN2O/c1-12(2)23-15-8-9-17(13(3)11-15)21-18-10-7-14-5-4-6-16(20)19(14)22-18/h4-12H,1-3H3,(H,21,22). The molecule has 3 aromatic rings. The minimum Gasteiger partial charge on any atom is -0.491 e. The van der Waals surface area contributed by atoms with Crippen LogP contribution in [-0.4, -0.2) is 11.1 Å². The minimum absolute atomic E-state index is 0.164. The predicted octanol–water partition coefficient (Wildman–Crippen LogP) is 5.73. The van der Waals surface area contributed by atoms with Crippen molar-refractivity contribution in [2.24, 2.45) is 0 Å². The fourth-order valence-corrected chi connectivity index (χ4v) is 2.66. The smallest absolute Gasteiger partial charge is 0.131 e. The van der Waals surface area contributed by atoms with Gasteiger partial charge in [-0.15, -0.1) is 0 Å². The van der Waals surface area contributed by atoms with Crippen LogP contribution in [0, 0.1) is 6.92 Å². The van der Waals surface area contributed by atoms with Gasteiger partial charge in [-0.3, -0.25) is 0 Å². The summed E-state index contributed by atoms with van der Waals surface area (Å²) >= 11 is 6.23. The Morgan fingerprint density at radius 2 is 1.91 bits per heavy atom. The summed E-state index contributed by atoms with van der Waals surface area (Å²) in [6.45, 7) is 6.08. The Hall–Kier alpha value is -2.26. The van der Waals surface area contributed by atoms with Crippen LogP contribution < -0.4 is 10.1 Å². The normalized spacial score (nSPS) is 11.0. The molecule has 0 aliphatic carbocycles. The molecule has 0 saturated carbocycles. The molecule has 118 valence electrons. The van der Waals surface area contributed by atoms with Gasteiger partial charge in [0.15, 0.2) is 0 Å². The third kappa shape index (κ3) is 3.57. The molecule has 3 rings (SSSR count). The molecule has 0 spiro atoms. The van der Waals surface area contributed by atoms with Crippen molar-refractivity contribution < 1.29 is 4.74 Å². The molecule has 1 N–H and O–H groups in total. The van der Waals surface area contributed by atoms with Gasteiger partial charge in [0, 0.05) is 11.1 Å². The summed E-state index contributed by atoms with van der Waals surface area (Å²) in [6.07, 6.45) is 0.164. The van der Waals surface area contributed by atoms with E-state index in [1.165, 1.54) is 0 Å². The Morgan fingerprint density at radius 3 is 2.65 bits per heavy atom. The molecule has 0 amide bonds. The molecule has 1 aromatic heterocycles. The Labute approximate surface area is 141 Å². The fourth-order valence-electron chi connectivity index (χ4n) is 2.44. The van der Waals surface area contributed by atoms with Crippen LogP contribution in [0.4, 0.5) is 11.5 Å². The van der Waals surface area contributed by atoms with E-state index in [2.05, 4.69) is 10.3 Å². The molecule has 0 radical (unpaired) electrons. The molecule has 0 atom stereocenters. The largest absolute Gasteiger partial charge is 0.491 e. The van der Waals surface area contributed by atoms with E-state index in [1.807, 2.05) is 69.3 Å². The van der Waals surface area contributed by atoms with E-state index < -0.39 is 0 Å². The summed E-state index contributed by atoms with van der Waals surface area (Å²) in [6, 6.07) is 15.7. The number of para-hydroxylation sites is 1. The molecular formula is C19H19ClN2O. The number of anilines is 2. The molecular weight excluding hydrogens is 308 g/mol. The number of aromatic nitrogens is 1. The summed E-state index contributed by atoms with van der Waals surface area (Å²) in [5.74, 6) is 1.64. The summed E-state index contributed by atoms with van der Waals surface area (Å²) in [7, 11) is 0. The van der Waals surface area contributed by atoms with Crippen LogP contribution in [0.5, 0.6) is 5.75 Å². The molecule has 0 unspecified atom stereocenters. The Kier molecular flexibility index (Phi) is 4.39. The quantitative estimate of drug-likeness (QED) is 0.665. The maximum Gasteiger partial charge on any atom is 0.131 e. The van der Waals surface area contributed by atoms with Gasteiger partial charge in [-0.2, -0.15) is 0 Å². The van der Waals surface area contributed by atoms with Gasteiger partial charge in [-0.1, -0.05) is 23.7 Å². The van der Waals surface area contributed by atoms with Crippen molar-refractivity contribution in [2.45, 2.75) is 26.9 Å². The first-order chi connectivity index (χ1) is 11.0. The van der Waals surface area contributed by atoms with E-state index >= 15 is 0 Å². The first kappa shape index (κ1) is 15.6. The lowest BCUT2D eigenvalue weighted by Gasteiger charge is -2.14. The third-order valence-electron chi connectivity index (χ3n) is 3.50. The van der Waals surface area contributed by atoms with Crippen molar-refractivity contribution in [3.05, 3.63) is 59.1 Å². The van der Waals surface area contributed by atoms with Crippen molar-refractivity contribution in [1.29, 1.82) is 0 Å². The fraction of sp³-hybridized carbons (Fsp3) is 0.211. The molecule has 0 fully saturated rings. The van der Waals surface area contributed by atoms with E-state index in [-0.39, 0.29) is 6.10 Å². The number of aryl methyl sites for hydroxylation is 1. The van der Waals surface area contributed by atoms with Gasteiger partial charge < -0.3 is 10.1 Å². The second kappa shape index (κ2) is 6.47. The SMILES string of the molecule is Cc1cc(OC(C)C)ccc1Nc1ccc2cccc(Cl)c2n1. The number of nitrogens with one attached hydrogen (secondary N) is 1. The molecule has 23 heavy (non-hydrogen) atoms. The highest BCUT2D eigenvalue weighted by molar-refractivity contribution is 6.35. The Bertz CT molecular complexity index is 846. The van der Waals surface area contributed by atoms with Crippen molar-refractivity contribution in [3.63, 3.8) is 0 Å². The van der Waals surface area contributed by atoms with Gasteiger partial charge in [0.05, 0.1) is 16.6 Å². The highest BCUT2D eigenvalue weighted by Crippen LogP contribution is 2.27. The lowest BCUT2D eigenvalue weighted by atomic mass is 10.2. The van der Waals surface area contributed by atoms with Crippen molar-refractivity contribution in [1.82, 2.24) is 4.98 Å². The lowest BCUT2D eigenvalue weighted by molar-refractivity contribution is 0.242. The zero-order chi connectivity index (χ0) is 16.4. The Morgan fingerprint density at radius 1 is 1.09 bits per heavy atom. The molecule has 0 saturated heterocycles. The van der Waals surface area contributed by atoms with Crippen LogP contribution in [0.25, 0.3) is 10.9 Å². The number of halogens is 1. The van der Waals surface area contributed by atoms with Crippen LogP contribution in [0.2, 0.25) is 5.02 Å². The van der Waals surface area contributed by atoms with Crippen LogP contribution in [-0.2, 0) is 0 Å². The van der Waals surface area contributed by atoms with Crippen LogP contribution in [0.1, 0.15) is 19.4 Å². The number of ether oxygens (including phenoxy) is 1. The summed E-state index contributed by atoms with van der Waals surface area (Å²) in [4.78, 5) is 4.61. The number of benzene rings is 2. The van der Waals surface area contributed by atoms with E-state index in [4.69, 9.17) is 16.3 Å². The van der Waals surface area contributed by atoms with Crippen molar-refractivity contribution in [2.75, 3.05) is 5.32 Å². The maximum atomic E-state index is 6.23. The zero-order valence-corrected chi connectivity index (χ0v) is 14.2. The summed E-state index contributed by atoms with van der Waals surface area (Å²) < 4.78 is 5.71. The number of hydrogen-bond donors (Lipinski definition) is 1. The predicted molar refractivity (Wildman–Crippen MR) is 97.0 cm³/mol. The van der Waals surface area contributed by atoms with Gasteiger partial charge in [0.2, 0.25) is 0 Å². The average molecular weight is 327 g/mol. The van der Waals surface area contributed by atoms with Crippen LogP contribution in [0.15, 0.2) is 48.5 Å². The van der Waals surface area contributed by atoms with Crippen LogP contribution >= 0.6 is 11.6 Å². The van der Waals surface area contributed by atoms with Crippen molar-refractivity contribution >= 4 is 34.0 Å². The number of nitrogens with zero attached hydrogens (tertiary/aromatic N) is 1. The molecule has 3 nitrogen and oxygen atoms in total. The molecule has 0 aliphatic heterocycles. The van der Waals surface area contributed by atoms with Crippen LogP contribution in [0.3, 0.4) is 0 Å². The minimum atomic E-state index is 0.164. The highest BCUT2D eigenvalue weighted by Gasteiger charge is 2.06. The van der Waals surface area contributed by atoms with E-state index in [0.717, 1.165) is 33.7 Å². The third-order valence-corrected chi connectivity index (χ3v) is 3.81. The molecule has 0 aliphatic rings. The Balaban J connectivity index is 1.88. The highest BCUT2D eigenvalue weighted by atomic mass is 35.5. The van der Waals surface area contributed by atoms with E-state index in [9.17, 15) is 0 Å².